The molecule has 1 aromatic heterocycles. The number of Topliss-reactive ketones (excluding diaryl/α,β-unsaturated/α-hetero) is 1. The molecule has 1 aliphatic carbocycles. The Kier molecular flexibility index (Phi) is 2.18. The van der Waals surface area contributed by atoms with Gasteiger partial charge in [-0.2, -0.15) is 0 Å². The maximum atomic E-state index is 12.5. The lowest BCUT2D eigenvalue weighted by Crippen LogP contribution is -2.40. The van der Waals surface area contributed by atoms with Crippen molar-refractivity contribution in [1.82, 2.24) is 0 Å². The van der Waals surface area contributed by atoms with Crippen LogP contribution >= 0.6 is 11.3 Å². The second-order valence-corrected chi connectivity index (χ2v) is 4.84. The van der Waals surface area contributed by atoms with Crippen molar-refractivity contribution in [2.24, 2.45) is 5.92 Å². The van der Waals surface area contributed by atoms with Crippen molar-refractivity contribution in [3.63, 3.8) is 0 Å². The Balaban J connectivity index is 2.08. The maximum absolute atomic E-state index is 12.5. The molecule has 0 bridgehead atoms. The molecule has 1 nitrogen and oxygen atoms in total. The number of ketones is 1. The molecule has 1 heterocycles. The zero-order valence-corrected chi connectivity index (χ0v) is 8.54. The molecule has 0 amide bonds. The van der Waals surface area contributed by atoms with Crippen molar-refractivity contribution < 1.29 is 13.6 Å². The van der Waals surface area contributed by atoms with Crippen LogP contribution in [-0.2, 0) is 0 Å². The molecule has 0 radical (unpaired) electrons. The monoisotopic (exact) mass is 216 g/mol. The van der Waals surface area contributed by atoms with E-state index in [1.54, 1.807) is 6.07 Å². The van der Waals surface area contributed by atoms with E-state index in [1.807, 2.05) is 12.3 Å². The van der Waals surface area contributed by atoms with Gasteiger partial charge < -0.3 is 0 Å². The van der Waals surface area contributed by atoms with Crippen molar-refractivity contribution in [2.45, 2.75) is 25.7 Å². The van der Waals surface area contributed by atoms with Gasteiger partial charge in [-0.3, -0.25) is 4.79 Å². The summed E-state index contributed by atoms with van der Waals surface area (Å²) in [4.78, 5) is 12.6. The summed E-state index contributed by atoms with van der Waals surface area (Å²) in [5, 5.41) is 1.82. The standard InChI is InChI=1S/C10H10F2OS/c1-6-8(2-3-14-6)9(13)7-4-10(11,12)5-7/h2-3,7H,4-5H2,1H3. The van der Waals surface area contributed by atoms with Gasteiger partial charge in [-0.15, -0.1) is 11.3 Å². The van der Waals surface area contributed by atoms with E-state index in [0.29, 0.717) is 5.56 Å². The summed E-state index contributed by atoms with van der Waals surface area (Å²) in [6, 6.07) is 1.72. The van der Waals surface area contributed by atoms with Crippen molar-refractivity contribution in [1.29, 1.82) is 0 Å². The van der Waals surface area contributed by atoms with Crippen LogP contribution in [0.25, 0.3) is 0 Å². The summed E-state index contributed by atoms with van der Waals surface area (Å²) >= 11 is 1.48. The highest BCUT2D eigenvalue weighted by Gasteiger charge is 2.48. The van der Waals surface area contributed by atoms with Crippen LogP contribution in [0.15, 0.2) is 11.4 Å². The van der Waals surface area contributed by atoms with E-state index < -0.39 is 11.8 Å². The molecule has 1 fully saturated rings. The largest absolute Gasteiger partial charge is 0.294 e. The van der Waals surface area contributed by atoms with Gasteiger partial charge in [0, 0.05) is 29.2 Å². The molecule has 1 aliphatic rings. The van der Waals surface area contributed by atoms with Gasteiger partial charge in [0.2, 0.25) is 5.92 Å². The molecular weight excluding hydrogens is 206 g/mol. The van der Waals surface area contributed by atoms with Crippen LogP contribution in [0, 0.1) is 12.8 Å². The smallest absolute Gasteiger partial charge is 0.249 e. The first-order valence-corrected chi connectivity index (χ1v) is 5.34. The minimum atomic E-state index is -2.61. The number of hydrogen-bond donors (Lipinski definition) is 0. The molecule has 0 atom stereocenters. The Labute approximate surface area is 84.7 Å². The Morgan fingerprint density at radius 3 is 2.64 bits per heavy atom. The number of alkyl halides is 2. The van der Waals surface area contributed by atoms with Crippen LogP contribution in [0.2, 0.25) is 0 Å². The van der Waals surface area contributed by atoms with E-state index in [0.717, 1.165) is 4.88 Å². The predicted octanol–water partition coefficient (Wildman–Crippen LogP) is 3.28. The fourth-order valence-electron chi connectivity index (χ4n) is 1.71. The van der Waals surface area contributed by atoms with E-state index in [2.05, 4.69) is 0 Å². The lowest BCUT2D eigenvalue weighted by atomic mass is 9.77. The molecule has 1 aromatic rings. The summed E-state index contributed by atoms with van der Waals surface area (Å²) in [7, 11) is 0. The van der Waals surface area contributed by atoms with Gasteiger partial charge in [-0.25, -0.2) is 8.78 Å². The third kappa shape index (κ3) is 1.59. The van der Waals surface area contributed by atoms with Crippen molar-refractivity contribution in [3.8, 4) is 0 Å². The third-order valence-electron chi connectivity index (χ3n) is 2.59. The van der Waals surface area contributed by atoms with Gasteiger partial charge in [0.1, 0.15) is 0 Å². The number of carbonyl (C=O) groups is 1. The highest BCUT2D eigenvalue weighted by Crippen LogP contribution is 2.44. The van der Waals surface area contributed by atoms with Crippen LogP contribution in [0.3, 0.4) is 0 Å². The molecule has 1 saturated carbocycles. The lowest BCUT2D eigenvalue weighted by Gasteiger charge is -2.33. The summed E-state index contributed by atoms with van der Waals surface area (Å²) in [5.41, 5.74) is 0.621. The molecule has 0 spiro atoms. The highest BCUT2D eigenvalue weighted by molar-refractivity contribution is 7.10. The Bertz CT molecular complexity index is 362. The van der Waals surface area contributed by atoms with Crippen LogP contribution in [0.5, 0.6) is 0 Å². The van der Waals surface area contributed by atoms with E-state index in [4.69, 9.17) is 0 Å². The number of hydrogen-bond acceptors (Lipinski definition) is 2. The summed E-state index contributed by atoms with van der Waals surface area (Å²) in [5.74, 6) is -3.18. The molecule has 14 heavy (non-hydrogen) atoms. The second kappa shape index (κ2) is 3.12. The molecule has 0 unspecified atom stereocenters. The van der Waals surface area contributed by atoms with E-state index in [-0.39, 0.29) is 18.6 Å². The zero-order chi connectivity index (χ0) is 10.3. The van der Waals surface area contributed by atoms with Gasteiger partial charge in [0.05, 0.1) is 0 Å². The fraction of sp³-hybridized carbons (Fsp3) is 0.500. The molecule has 76 valence electrons. The van der Waals surface area contributed by atoms with Gasteiger partial charge in [0.15, 0.2) is 5.78 Å². The van der Waals surface area contributed by atoms with Gasteiger partial charge in [-0.05, 0) is 18.4 Å². The number of aryl methyl sites for hydroxylation is 1. The van der Waals surface area contributed by atoms with Crippen LogP contribution < -0.4 is 0 Å². The first kappa shape index (κ1) is 9.77. The van der Waals surface area contributed by atoms with Gasteiger partial charge in [-0.1, -0.05) is 0 Å². The lowest BCUT2D eigenvalue weighted by molar-refractivity contribution is -0.0982. The van der Waals surface area contributed by atoms with E-state index in [9.17, 15) is 13.6 Å². The average molecular weight is 216 g/mol. The van der Waals surface area contributed by atoms with E-state index in [1.165, 1.54) is 11.3 Å². The molecular formula is C10H10F2OS. The Morgan fingerprint density at radius 1 is 1.57 bits per heavy atom. The average Bonchev–Trinajstić information content (AvgIpc) is 2.45. The highest BCUT2D eigenvalue weighted by atomic mass is 32.1. The Hall–Kier alpha value is -0.770. The van der Waals surface area contributed by atoms with Crippen LogP contribution in [0.1, 0.15) is 28.1 Å². The normalized spacial score (nSPS) is 20.5. The first-order valence-electron chi connectivity index (χ1n) is 4.46. The Morgan fingerprint density at radius 2 is 2.21 bits per heavy atom. The summed E-state index contributed by atoms with van der Waals surface area (Å²) in [6.07, 6.45) is -0.553. The summed E-state index contributed by atoms with van der Waals surface area (Å²) in [6.45, 7) is 1.84. The predicted molar refractivity (Wildman–Crippen MR) is 51.1 cm³/mol. The van der Waals surface area contributed by atoms with Gasteiger partial charge in [0.25, 0.3) is 0 Å². The molecule has 0 aromatic carbocycles. The number of thiophene rings is 1. The van der Waals surface area contributed by atoms with Crippen molar-refractivity contribution in [2.75, 3.05) is 0 Å². The molecule has 0 saturated heterocycles. The maximum Gasteiger partial charge on any atom is 0.249 e. The third-order valence-corrected chi connectivity index (χ3v) is 3.43. The van der Waals surface area contributed by atoms with Crippen molar-refractivity contribution in [3.05, 3.63) is 21.9 Å². The minimum Gasteiger partial charge on any atom is -0.294 e. The SMILES string of the molecule is Cc1sccc1C(=O)C1CC(F)(F)C1. The molecule has 4 heteroatoms. The number of rotatable bonds is 2. The van der Waals surface area contributed by atoms with Crippen LogP contribution in [0.4, 0.5) is 8.78 Å². The zero-order valence-electron chi connectivity index (χ0n) is 7.72. The second-order valence-electron chi connectivity index (χ2n) is 3.72. The first-order chi connectivity index (χ1) is 6.49. The van der Waals surface area contributed by atoms with E-state index >= 15 is 0 Å². The molecule has 2 rings (SSSR count). The van der Waals surface area contributed by atoms with Crippen LogP contribution in [-0.4, -0.2) is 11.7 Å². The fourth-order valence-corrected chi connectivity index (χ4v) is 2.41. The molecule has 0 aliphatic heterocycles. The van der Waals surface area contributed by atoms with Gasteiger partial charge >= 0.3 is 0 Å². The number of carbonyl (C=O) groups excluding carboxylic acids is 1. The number of halogens is 2. The topological polar surface area (TPSA) is 17.1 Å². The minimum absolute atomic E-state index is 0.116. The summed E-state index contributed by atoms with van der Waals surface area (Å²) < 4.78 is 25.1. The van der Waals surface area contributed by atoms with Crippen molar-refractivity contribution >= 4 is 17.1 Å². The molecule has 0 N–H and O–H groups in total. The quantitative estimate of drug-likeness (QED) is 0.693.